The molecule has 1 aliphatic heterocycles. The maximum absolute atomic E-state index is 13.3. The first-order valence-electron chi connectivity index (χ1n) is 10.7. The summed E-state index contributed by atoms with van der Waals surface area (Å²) in [5, 5.41) is 12.1. The van der Waals surface area contributed by atoms with Crippen LogP contribution >= 0.6 is 11.3 Å². The molecule has 0 bridgehead atoms. The van der Waals surface area contributed by atoms with Gasteiger partial charge in [0.1, 0.15) is 22.2 Å². The molecule has 1 amide bonds. The molecule has 11 heteroatoms. The number of rotatable bonds is 6. The average molecular weight is 482 g/mol. The van der Waals surface area contributed by atoms with Crippen molar-refractivity contribution in [3.8, 4) is 22.0 Å². The van der Waals surface area contributed by atoms with Crippen LogP contribution in [0.2, 0.25) is 0 Å². The van der Waals surface area contributed by atoms with Gasteiger partial charge in [0.25, 0.3) is 12.3 Å². The highest BCUT2D eigenvalue weighted by atomic mass is 32.1. The number of benzene rings is 1. The number of amides is 1. The Morgan fingerprint density at radius 1 is 1.29 bits per heavy atom. The first-order chi connectivity index (χ1) is 16.4. The van der Waals surface area contributed by atoms with E-state index in [4.69, 9.17) is 0 Å². The molecule has 4 heterocycles. The van der Waals surface area contributed by atoms with E-state index in [-0.39, 0.29) is 28.2 Å². The van der Waals surface area contributed by atoms with E-state index >= 15 is 0 Å². The Balaban J connectivity index is 1.36. The summed E-state index contributed by atoms with van der Waals surface area (Å²) in [7, 11) is 1.64. The molecule has 174 valence electrons. The van der Waals surface area contributed by atoms with E-state index in [0.717, 1.165) is 22.7 Å². The standard InChI is InChI=1S/C23H21F2N7OS/c1-3-16-18(20(24)25)29-23(34-16)15-12-26-31(2)19(15)22(33)27-14-9-10-32-17(11-14)28-21(30-32)13-7-5-4-6-8-13/h3-8,12,14,20H,1,9-11H2,2H3,(H,27,33). The molecule has 1 aliphatic rings. The van der Waals surface area contributed by atoms with Gasteiger partial charge < -0.3 is 5.32 Å². The van der Waals surface area contributed by atoms with Gasteiger partial charge in [-0.2, -0.15) is 10.2 Å². The highest BCUT2D eigenvalue weighted by Crippen LogP contribution is 2.35. The van der Waals surface area contributed by atoms with Crippen molar-refractivity contribution in [3.05, 3.63) is 65.2 Å². The van der Waals surface area contributed by atoms with Gasteiger partial charge in [-0.3, -0.25) is 9.48 Å². The van der Waals surface area contributed by atoms with E-state index in [1.807, 2.05) is 35.0 Å². The minimum absolute atomic E-state index is 0.146. The zero-order chi connectivity index (χ0) is 23.8. The summed E-state index contributed by atoms with van der Waals surface area (Å²) in [5.74, 6) is 1.12. The van der Waals surface area contributed by atoms with E-state index in [1.165, 1.54) is 17.0 Å². The molecule has 0 spiro atoms. The lowest BCUT2D eigenvalue weighted by molar-refractivity contribution is 0.0921. The fourth-order valence-corrected chi connectivity index (χ4v) is 4.95. The number of aryl methyl sites for hydroxylation is 2. The van der Waals surface area contributed by atoms with Crippen LogP contribution in [0.5, 0.6) is 0 Å². The Hall–Kier alpha value is -3.73. The van der Waals surface area contributed by atoms with Crippen LogP contribution in [0, 0.1) is 0 Å². The number of hydrogen-bond acceptors (Lipinski definition) is 6. The Morgan fingerprint density at radius 2 is 2.09 bits per heavy atom. The summed E-state index contributed by atoms with van der Waals surface area (Å²) in [6.07, 6.45) is 1.32. The van der Waals surface area contributed by atoms with E-state index in [9.17, 15) is 13.6 Å². The number of halogens is 2. The van der Waals surface area contributed by atoms with Crippen LogP contribution in [0.4, 0.5) is 8.78 Å². The Labute approximate surface area is 198 Å². The van der Waals surface area contributed by atoms with Gasteiger partial charge in [-0.15, -0.1) is 11.3 Å². The Kier molecular flexibility index (Phi) is 5.78. The van der Waals surface area contributed by atoms with Crippen molar-refractivity contribution in [1.82, 2.24) is 34.8 Å². The third-order valence-corrected chi connectivity index (χ3v) is 6.79. The Bertz CT molecular complexity index is 1360. The van der Waals surface area contributed by atoms with Gasteiger partial charge in [0.2, 0.25) is 0 Å². The van der Waals surface area contributed by atoms with Gasteiger partial charge >= 0.3 is 0 Å². The number of fused-ring (bicyclic) bond motifs is 1. The van der Waals surface area contributed by atoms with Crippen LogP contribution in [-0.4, -0.2) is 41.5 Å². The molecule has 1 aromatic carbocycles. The maximum atomic E-state index is 13.3. The van der Waals surface area contributed by atoms with Gasteiger partial charge in [-0.25, -0.2) is 23.4 Å². The Morgan fingerprint density at radius 3 is 2.79 bits per heavy atom. The highest BCUT2D eigenvalue weighted by Gasteiger charge is 2.28. The maximum Gasteiger partial charge on any atom is 0.281 e. The fraction of sp³-hybridized carbons (Fsp3) is 0.261. The minimum Gasteiger partial charge on any atom is -0.347 e. The van der Waals surface area contributed by atoms with Gasteiger partial charge in [-0.05, 0) is 6.42 Å². The molecule has 0 fully saturated rings. The van der Waals surface area contributed by atoms with Gasteiger partial charge in [0, 0.05) is 31.6 Å². The molecule has 0 radical (unpaired) electrons. The molecule has 4 aromatic rings. The van der Waals surface area contributed by atoms with Crippen molar-refractivity contribution >= 4 is 23.3 Å². The van der Waals surface area contributed by atoms with Crippen LogP contribution < -0.4 is 5.32 Å². The van der Waals surface area contributed by atoms with Crippen molar-refractivity contribution in [2.24, 2.45) is 7.05 Å². The molecular formula is C23H21F2N7OS. The number of carbonyl (C=O) groups is 1. The summed E-state index contributed by atoms with van der Waals surface area (Å²) >= 11 is 1.06. The number of carbonyl (C=O) groups excluding carboxylic acids is 1. The van der Waals surface area contributed by atoms with Crippen LogP contribution in [0.1, 0.15) is 39.7 Å². The number of alkyl halides is 2. The second-order valence-corrected chi connectivity index (χ2v) is 8.94. The molecule has 1 atom stereocenters. The first-order valence-corrected chi connectivity index (χ1v) is 11.5. The lowest BCUT2D eigenvalue weighted by atomic mass is 10.1. The van der Waals surface area contributed by atoms with Crippen LogP contribution in [0.3, 0.4) is 0 Å². The molecule has 0 saturated heterocycles. The quantitative estimate of drug-likeness (QED) is 0.447. The number of hydrogen-bond donors (Lipinski definition) is 1. The largest absolute Gasteiger partial charge is 0.347 e. The molecule has 1 unspecified atom stereocenters. The lowest BCUT2D eigenvalue weighted by Gasteiger charge is -2.23. The first kappa shape index (κ1) is 22.1. The van der Waals surface area contributed by atoms with Crippen molar-refractivity contribution in [1.29, 1.82) is 0 Å². The van der Waals surface area contributed by atoms with E-state index < -0.39 is 6.43 Å². The van der Waals surface area contributed by atoms with Gasteiger partial charge in [-0.1, -0.05) is 43.0 Å². The molecule has 1 N–H and O–H groups in total. The normalized spacial score (nSPS) is 15.4. The fourth-order valence-electron chi connectivity index (χ4n) is 4.02. The second kappa shape index (κ2) is 8.90. The van der Waals surface area contributed by atoms with E-state index in [1.54, 1.807) is 7.05 Å². The minimum atomic E-state index is -2.73. The molecule has 0 aliphatic carbocycles. The third kappa shape index (κ3) is 4.03. The monoisotopic (exact) mass is 481 g/mol. The highest BCUT2D eigenvalue weighted by molar-refractivity contribution is 7.16. The molecule has 34 heavy (non-hydrogen) atoms. The SMILES string of the molecule is C=Cc1sc(-c2cnn(C)c2C(=O)NC2CCn3nc(-c4ccccc4)nc3C2)nc1C(F)F. The summed E-state index contributed by atoms with van der Waals surface area (Å²) in [6, 6.07) is 9.59. The lowest BCUT2D eigenvalue weighted by Crippen LogP contribution is -2.41. The second-order valence-electron chi connectivity index (χ2n) is 7.91. The molecule has 3 aromatic heterocycles. The summed E-state index contributed by atoms with van der Waals surface area (Å²) in [4.78, 5) is 22.2. The predicted molar refractivity (Wildman–Crippen MR) is 124 cm³/mol. The molecule has 0 saturated carbocycles. The topological polar surface area (TPSA) is 90.5 Å². The van der Waals surface area contributed by atoms with E-state index in [0.29, 0.717) is 35.8 Å². The smallest absolute Gasteiger partial charge is 0.281 e. The molecular weight excluding hydrogens is 460 g/mol. The number of aromatic nitrogens is 6. The van der Waals surface area contributed by atoms with Crippen LogP contribution in [0.25, 0.3) is 28.0 Å². The van der Waals surface area contributed by atoms with E-state index in [2.05, 4.69) is 32.1 Å². The summed E-state index contributed by atoms with van der Waals surface area (Å²) in [6.45, 7) is 4.21. The number of nitrogens with zero attached hydrogens (tertiary/aromatic N) is 6. The van der Waals surface area contributed by atoms with Crippen LogP contribution in [-0.2, 0) is 20.0 Å². The average Bonchev–Trinajstić information content (AvgIpc) is 3.55. The summed E-state index contributed by atoms with van der Waals surface area (Å²) < 4.78 is 30.0. The third-order valence-electron chi connectivity index (χ3n) is 5.69. The zero-order valence-corrected chi connectivity index (χ0v) is 19.1. The van der Waals surface area contributed by atoms with Crippen LogP contribution in [0.15, 0.2) is 43.1 Å². The molecule has 5 rings (SSSR count). The van der Waals surface area contributed by atoms with Crippen molar-refractivity contribution < 1.29 is 13.6 Å². The molecule has 8 nitrogen and oxygen atoms in total. The van der Waals surface area contributed by atoms with Gasteiger partial charge in [0.05, 0.1) is 16.6 Å². The summed E-state index contributed by atoms with van der Waals surface area (Å²) in [5.41, 5.74) is 1.27. The predicted octanol–water partition coefficient (Wildman–Crippen LogP) is 4.13. The number of thiazole rings is 1. The van der Waals surface area contributed by atoms with Crippen molar-refractivity contribution in [3.63, 3.8) is 0 Å². The van der Waals surface area contributed by atoms with Crippen molar-refractivity contribution in [2.45, 2.75) is 31.9 Å². The van der Waals surface area contributed by atoms with Gasteiger partial charge in [0.15, 0.2) is 5.82 Å². The van der Waals surface area contributed by atoms with Crippen molar-refractivity contribution in [2.75, 3.05) is 0 Å². The number of nitrogens with one attached hydrogen (secondary N) is 1. The zero-order valence-electron chi connectivity index (χ0n) is 18.3.